The van der Waals surface area contributed by atoms with E-state index < -0.39 is 0 Å². The summed E-state index contributed by atoms with van der Waals surface area (Å²) >= 11 is 0. The minimum Gasteiger partial charge on any atom is -0.382 e. The molecule has 0 bridgehead atoms. The molecule has 0 aromatic carbocycles. The van der Waals surface area contributed by atoms with Gasteiger partial charge in [-0.05, 0) is 25.3 Å². The summed E-state index contributed by atoms with van der Waals surface area (Å²) in [6, 6.07) is 0.537. The van der Waals surface area contributed by atoms with Gasteiger partial charge >= 0.3 is 0 Å². The highest BCUT2D eigenvalue weighted by molar-refractivity contribution is 4.78. The first-order chi connectivity index (χ1) is 7.88. The Morgan fingerprint density at radius 3 is 2.88 bits per heavy atom. The van der Waals surface area contributed by atoms with E-state index in [4.69, 9.17) is 14.2 Å². The molecule has 16 heavy (non-hydrogen) atoms. The van der Waals surface area contributed by atoms with Crippen LogP contribution in [0.25, 0.3) is 0 Å². The van der Waals surface area contributed by atoms with E-state index >= 15 is 0 Å². The summed E-state index contributed by atoms with van der Waals surface area (Å²) in [4.78, 5) is 0. The average Bonchev–Trinajstić information content (AvgIpc) is 2.81. The molecule has 1 N–H and O–H groups in total. The topological polar surface area (TPSA) is 39.7 Å². The van der Waals surface area contributed by atoms with Gasteiger partial charge in [-0.15, -0.1) is 0 Å². The van der Waals surface area contributed by atoms with Crippen molar-refractivity contribution in [2.75, 3.05) is 46.7 Å². The standard InChI is InChI=1S/C12H25NO3/c1-3-13-12(11-4-6-16-10-11)5-7-15-9-8-14-2/h11-13H,3-10H2,1-2H3. The Kier molecular flexibility index (Phi) is 7.76. The number of nitrogens with one attached hydrogen (secondary N) is 1. The van der Waals surface area contributed by atoms with E-state index in [1.807, 2.05) is 0 Å². The molecule has 96 valence electrons. The van der Waals surface area contributed by atoms with Gasteiger partial charge in [0.15, 0.2) is 0 Å². The Labute approximate surface area is 98.6 Å². The van der Waals surface area contributed by atoms with Gasteiger partial charge in [-0.25, -0.2) is 0 Å². The number of hydrogen-bond acceptors (Lipinski definition) is 4. The maximum Gasteiger partial charge on any atom is 0.0700 e. The molecule has 1 heterocycles. The van der Waals surface area contributed by atoms with Crippen LogP contribution in [0.4, 0.5) is 0 Å². The lowest BCUT2D eigenvalue weighted by Crippen LogP contribution is -2.37. The second-order valence-corrected chi connectivity index (χ2v) is 4.18. The minimum absolute atomic E-state index is 0.537. The van der Waals surface area contributed by atoms with Crippen molar-refractivity contribution in [3.63, 3.8) is 0 Å². The second kappa shape index (κ2) is 8.93. The molecule has 1 aliphatic rings. The van der Waals surface area contributed by atoms with Gasteiger partial charge in [-0.1, -0.05) is 6.92 Å². The van der Waals surface area contributed by atoms with Crippen molar-refractivity contribution in [2.45, 2.75) is 25.8 Å². The van der Waals surface area contributed by atoms with E-state index in [9.17, 15) is 0 Å². The quantitative estimate of drug-likeness (QED) is 0.602. The first-order valence-electron chi connectivity index (χ1n) is 6.26. The van der Waals surface area contributed by atoms with Crippen LogP contribution < -0.4 is 5.32 Å². The van der Waals surface area contributed by atoms with Gasteiger partial charge < -0.3 is 19.5 Å². The summed E-state index contributed by atoms with van der Waals surface area (Å²) in [5.41, 5.74) is 0. The van der Waals surface area contributed by atoms with Crippen LogP contribution in [0.2, 0.25) is 0 Å². The Balaban J connectivity index is 2.12. The predicted octanol–water partition coefficient (Wildman–Crippen LogP) is 1.05. The Morgan fingerprint density at radius 1 is 1.38 bits per heavy atom. The van der Waals surface area contributed by atoms with Crippen molar-refractivity contribution < 1.29 is 14.2 Å². The highest BCUT2D eigenvalue weighted by atomic mass is 16.5. The van der Waals surface area contributed by atoms with Gasteiger partial charge in [0.05, 0.1) is 19.8 Å². The summed E-state index contributed by atoms with van der Waals surface area (Å²) in [6.45, 7) is 7.15. The van der Waals surface area contributed by atoms with E-state index in [2.05, 4.69) is 12.2 Å². The van der Waals surface area contributed by atoms with Gasteiger partial charge in [0, 0.05) is 26.4 Å². The third-order valence-corrected chi connectivity index (χ3v) is 3.01. The molecule has 0 amide bonds. The first kappa shape index (κ1) is 13.9. The fraction of sp³-hybridized carbons (Fsp3) is 1.00. The second-order valence-electron chi connectivity index (χ2n) is 4.18. The molecule has 0 radical (unpaired) electrons. The minimum atomic E-state index is 0.537. The molecule has 1 rings (SSSR count). The van der Waals surface area contributed by atoms with Crippen molar-refractivity contribution in [3.8, 4) is 0 Å². The SMILES string of the molecule is CCNC(CCOCCOC)C1CCOC1. The van der Waals surface area contributed by atoms with Gasteiger partial charge in [0.1, 0.15) is 0 Å². The molecule has 2 unspecified atom stereocenters. The van der Waals surface area contributed by atoms with Crippen molar-refractivity contribution in [1.29, 1.82) is 0 Å². The zero-order valence-electron chi connectivity index (χ0n) is 10.5. The van der Waals surface area contributed by atoms with E-state index in [0.29, 0.717) is 25.2 Å². The summed E-state index contributed by atoms with van der Waals surface area (Å²) < 4.78 is 15.9. The molecule has 0 aromatic rings. The van der Waals surface area contributed by atoms with Crippen LogP contribution in [-0.4, -0.2) is 52.7 Å². The van der Waals surface area contributed by atoms with E-state index in [1.54, 1.807) is 7.11 Å². The number of methoxy groups -OCH3 is 1. The molecule has 1 aliphatic heterocycles. The molecular formula is C12H25NO3. The summed E-state index contributed by atoms with van der Waals surface area (Å²) in [5, 5.41) is 3.52. The first-order valence-corrected chi connectivity index (χ1v) is 6.26. The smallest absolute Gasteiger partial charge is 0.0700 e. The maximum absolute atomic E-state index is 5.50. The van der Waals surface area contributed by atoms with Crippen molar-refractivity contribution >= 4 is 0 Å². The zero-order valence-corrected chi connectivity index (χ0v) is 10.5. The molecule has 0 spiro atoms. The molecule has 1 saturated heterocycles. The van der Waals surface area contributed by atoms with Crippen LogP contribution >= 0.6 is 0 Å². The largest absolute Gasteiger partial charge is 0.382 e. The van der Waals surface area contributed by atoms with Gasteiger partial charge in [0.2, 0.25) is 0 Å². The van der Waals surface area contributed by atoms with Gasteiger partial charge in [-0.3, -0.25) is 0 Å². The third kappa shape index (κ3) is 5.25. The van der Waals surface area contributed by atoms with Gasteiger partial charge in [0.25, 0.3) is 0 Å². The van der Waals surface area contributed by atoms with Crippen molar-refractivity contribution in [1.82, 2.24) is 5.32 Å². The fourth-order valence-electron chi connectivity index (χ4n) is 2.09. The summed E-state index contributed by atoms with van der Waals surface area (Å²) in [5.74, 6) is 0.658. The highest BCUT2D eigenvalue weighted by Gasteiger charge is 2.24. The monoisotopic (exact) mass is 231 g/mol. The predicted molar refractivity (Wildman–Crippen MR) is 63.7 cm³/mol. The lowest BCUT2D eigenvalue weighted by Gasteiger charge is -2.23. The van der Waals surface area contributed by atoms with Crippen LogP contribution in [0.15, 0.2) is 0 Å². The number of ether oxygens (including phenoxy) is 3. The summed E-state index contributed by atoms with van der Waals surface area (Å²) in [6.07, 6.45) is 2.24. The molecule has 4 nitrogen and oxygen atoms in total. The lowest BCUT2D eigenvalue weighted by atomic mass is 9.96. The van der Waals surface area contributed by atoms with Crippen LogP contribution in [0, 0.1) is 5.92 Å². The molecule has 0 aliphatic carbocycles. The van der Waals surface area contributed by atoms with Crippen molar-refractivity contribution in [3.05, 3.63) is 0 Å². The highest BCUT2D eigenvalue weighted by Crippen LogP contribution is 2.18. The molecule has 2 atom stereocenters. The third-order valence-electron chi connectivity index (χ3n) is 3.01. The Hall–Kier alpha value is -0.160. The average molecular weight is 231 g/mol. The van der Waals surface area contributed by atoms with E-state index in [0.717, 1.165) is 32.8 Å². The van der Waals surface area contributed by atoms with Crippen LogP contribution in [-0.2, 0) is 14.2 Å². The molecule has 4 heteroatoms. The van der Waals surface area contributed by atoms with Crippen LogP contribution in [0.5, 0.6) is 0 Å². The normalized spacial score (nSPS) is 22.5. The zero-order chi connectivity index (χ0) is 11.6. The number of hydrogen-bond donors (Lipinski definition) is 1. The van der Waals surface area contributed by atoms with Crippen LogP contribution in [0.1, 0.15) is 19.8 Å². The summed E-state index contributed by atoms with van der Waals surface area (Å²) in [7, 11) is 1.70. The lowest BCUT2D eigenvalue weighted by molar-refractivity contribution is 0.0622. The molecule has 0 aromatic heterocycles. The maximum atomic E-state index is 5.50. The Morgan fingerprint density at radius 2 is 2.25 bits per heavy atom. The molecule has 1 fully saturated rings. The van der Waals surface area contributed by atoms with Crippen LogP contribution in [0.3, 0.4) is 0 Å². The number of rotatable bonds is 9. The molecule has 0 saturated carbocycles. The molecular weight excluding hydrogens is 206 g/mol. The fourth-order valence-corrected chi connectivity index (χ4v) is 2.09. The Bertz CT molecular complexity index is 160. The van der Waals surface area contributed by atoms with Gasteiger partial charge in [-0.2, -0.15) is 0 Å². The van der Waals surface area contributed by atoms with E-state index in [1.165, 1.54) is 6.42 Å². The van der Waals surface area contributed by atoms with Crippen molar-refractivity contribution in [2.24, 2.45) is 5.92 Å². The van der Waals surface area contributed by atoms with E-state index in [-0.39, 0.29) is 0 Å².